The molecule has 0 unspecified atom stereocenters. The number of nitrogens with one attached hydrogen (secondary N) is 1. The largest absolute Gasteiger partial charge is 0.497 e. The summed E-state index contributed by atoms with van der Waals surface area (Å²) in [5.41, 5.74) is 1.07. The van der Waals surface area contributed by atoms with E-state index in [-0.39, 0.29) is 12.1 Å². The van der Waals surface area contributed by atoms with Gasteiger partial charge in [-0.3, -0.25) is 0 Å². The Bertz CT molecular complexity index is 689. The summed E-state index contributed by atoms with van der Waals surface area (Å²) in [6.45, 7) is 3.30. The van der Waals surface area contributed by atoms with Crippen molar-refractivity contribution in [3.8, 4) is 23.0 Å². The molecule has 5 nitrogen and oxygen atoms in total. The maximum absolute atomic E-state index is 6.04. The van der Waals surface area contributed by atoms with Gasteiger partial charge in [-0.15, -0.1) is 0 Å². The molecule has 0 spiro atoms. The highest BCUT2D eigenvalue weighted by Crippen LogP contribution is 2.31. The van der Waals surface area contributed by atoms with E-state index < -0.39 is 0 Å². The number of ether oxygens (including phenoxy) is 4. The van der Waals surface area contributed by atoms with Crippen LogP contribution in [0.4, 0.5) is 0 Å². The van der Waals surface area contributed by atoms with Crippen LogP contribution in [0.2, 0.25) is 0 Å². The van der Waals surface area contributed by atoms with Crippen molar-refractivity contribution < 1.29 is 18.9 Å². The van der Waals surface area contributed by atoms with Crippen molar-refractivity contribution in [1.82, 2.24) is 5.32 Å². The third-order valence-corrected chi connectivity index (χ3v) is 4.20. The van der Waals surface area contributed by atoms with Gasteiger partial charge in [0, 0.05) is 24.2 Å². The molecule has 0 aliphatic carbocycles. The molecule has 128 valence electrons. The lowest BCUT2D eigenvalue weighted by Gasteiger charge is -2.31. The van der Waals surface area contributed by atoms with Gasteiger partial charge in [-0.25, -0.2) is 0 Å². The van der Waals surface area contributed by atoms with Crippen molar-refractivity contribution >= 4 is 0 Å². The zero-order valence-corrected chi connectivity index (χ0v) is 14.2. The second kappa shape index (κ2) is 7.45. The highest BCUT2D eigenvalue weighted by atomic mass is 16.6. The van der Waals surface area contributed by atoms with Crippen molar-refractivity contribution in [3.05, 3.63) is 48.0 Å². The minimum atomic E-state index is -0.0378. The van der Waals surface area contributed by atoms with Gasteiger partial charge in [-0.05, 0) is 25.1 Å². The van der Waals surface area contributed by atoms with E-state index in [1.807, 2.05) is 42.5 Å². The fourth-order valence-electron chi connectivity index (χ4n) is 2.68. The number of rotatable bonds is 6. The van der Waals surface area contributed by atoms with Gasteiger partial charge in [0.25, 0.3) is 0 Å². The minimum absolute atomic E-state index is 0.0378. The molecule has 1 aliphatic heterocycles. The molecule has 1 heterocycles. The molecular weight excluding hydrogens is 306 g/mol. The summed E-state index contributed by atoms with van der Waals surface area (Å²) in [7, 11) is 3.31. The lowest BCUT2D eigenvalue weighted by molar-refractivity contribution is 0.0662. The molecule has 1 N–H and O–H groups in total. The third-order valence-electron chi connectivity index (χ3n) is 4.20. The molecule has 0 saturated heterocycles. The van der Waals surface area contributed by atoms with Crippen LogP contribution in [-0.4, -0.2) is 33.0 Å². The maximum Gasteiger partial charge on any atom is 0.161 e. The third kappa shape index (κ3) is 3.57. The summed E-state index contributed by atoms with van der Waals surface area (Å²) in [4.78, 5) is 0. The van der Waals surface area contributed by atoms with Gasteiger partial charge in [0.1, 0.15) is 24.2 Å². The molecule has 3 rings (SSSR count). The Labute approximate surface area is 142 Å². The SMILES string of the molecule is COc1ccc(CN[C@@H](C)[C@@H]2COc3ccccc3O2)c(OC)c1. The Balaban J connectivity index is 1.61. The number of para-hydroxylation sites is 2. The molecule has 2 aromatic rings. The topological polar surface area (TPSA) is 49.0 Å². The molecule has 24 heavy (non-hydrogen) atoms. The first kappa shape index (κ1) is 16.5. The molecule has 0 aromatic heterocycles. The van der Waals surface area contributed by atoms with E-state index in [4.69, 9.17) is 18.9 Å². The van der Waals surface area contributed by atoms with Gasteiger partial charge in [0.15, 0.2) is 11.5 Å². The monoisotopic (exact) mass is 329 g/mol. The van der Waals surface area contributed by atoms with Gasteiger partial charge in [-0.2, -0.15) is 0 Å². The highest BCUT2D eigenvalue weighted by Gasteiger charge is 2.25. The minimum Gasteiger partial charge on any atom is -0.497 e. The van der Waals surface area contributed by atoms with Crippen LogP contribution in [0.1, 0.15) is 12.5 Å². The number of benzene rings is 2. The molecule has 1 aliphatic rings. The Morgan fingerprint density at radius 1 is 1.12 bits per heavy atom. The Morgan fingerprint density at radius 2 is 1.92 bits per heavy atom. The summed E-state index contributed by atoms with van der Waals surface area (Å²) in [6.07, 6.45) is -0.0378. The van der Waals surface area contributed by atoms with Crippen LogP contribution in [0.15, 0.2) is 42.5 Å². The smallest absolute Gasteiger partial charge is 0.161 e. The van der Waals surface area contributed by atoms with E-state index in [0.717, 1.165) is 28.6 Å². The first-order valence-corrected chi connectivity index (χ1v) is 8.04. The van der Waals surface area contributed by atoms with Crippen LogP contribution < -0.4 is 24.3 Å². The van der Waals surface area contributed by atoms with Crippen LogP contribution >= 0.6 is 0 Å². The molecule has 0 amide bonds. The summed E-state index contributed by atoms with van der Waals surface area (Å²) < 4.78 is 22.5. The average molecular weight is 329 g/mol. The van der Waals surface area contributed by atoms with Gasteiger partial charge in [0.2, 0.25) is 0 Å². The fraction of sp³-hybridized carbons (Fsp3) is 0.368. The zero-order valence-electron chi connectivity index (χ0n) is 14.2. The van der Waals surface area contributed by atoms with E-state index in [0.29, 0.717) is 13.2 Å². The van der Waals surface area contributed by atoms with Crippen LogP contribution in [0, 0.1) is 0 Å². The number of hydrogen-bond acceptors (Lipinski definition) is 5. The lowest BCUT2D eigenvalue weighted by Crippen LogP contribution is -2.45. The first-order valence-electron chi connectivity index (χ1n) is 8.04. The Morgan fingerprint density at radius 3 is 2.67 bits per heavy atom. The summed E-state index contributed by atoms with van der Waals surface area (Å²) in [5.74, 6) is 3.19. The number of hydrogen-bond donors (Lipinski definition) is 1. The Kier molecular flexibility index (Phi) is 5.11. The average Bonchev–Trinajstić information content (AvgIpc) is 2.65. The standard InChI is InChI=1S/C19H23NO4/c1-13(19-12-23-16-6-4-5-7-17(16)24-19)20-11-14-8-9-15(21-2)10-18(14)22-3/h4-10,13,19-20H,11-12H2,1-3H3/t13-,19-/m0/s1. The van der Waals surface area contributed by atoms with Crippen molar-refractivity contribution in [2.45, 2.75) is 25.6 Å². The van der Waals surface area contributed by atoms with Gasteiger partial charge < -0.3 is 24.3 Å². The molecular formula is C19H23NO4. The van der Waals surface area contributed by atoms with Crippen molar-refractivity contribution in [2.75, 3.05) is 20.8 Å². The first-order chi connectivity index (χ1) is 11.7. The number of fused-ring (bicyclic) bond motifs is 1. The van der Waals surface area contributed by atoms with E-state index >= 15 is 0 Å². The molecule has 5 heteroatoms. The van der Waals surface area contributed by atoms with Crippen LogP contribution in [-0.2, 0) is 6.54 Å². The molecule has 0 radical (unpaired) electrons. The molecule has 0 fully saturated rings. The van der Waals surface area contributed by atoms with Gasteiger partial charge in [0.05, 0.1) is 14.2 Å². The summed E-state index contributed by atoms with van der Waals surface area (Å²) >= 11 is 0. The second-order valence-corrected chi connectivity index (χ2v) is 5.76. The predicted molar refractivity (Wildman–Crippen MR) is 92.2 cm³/mol. The van der Waals surface area contributed by atoms with Crippen LogP contribution in [0.5, 0.6) is 23.0 Å². The van der Waals surface area contributed by atoms with E-state index in [9.17, 15) is 0 Å². The molecule has 2 atom stereocenters. The second-order valence-electron chi connectivity index (χ2n) is 5.76. The summed E-state index contributed by atoms with van der Waals surface area (Å²) in [5, 5.41) is 3.49. The number of methoxy groups -OCH3 is 2. The Hall–Kier alpha value is -2.40. The van der Waals surface area contributed by atoms with Crippen LogP contribution in [0.25, 0.3) is 0 Å². The van der Waals surface area contributed by atoms with E-state index in [2.05, 4.69) is 12.2 Å². The summed E-state index contributed by atoms with van der Waals surface area (Å²) in [6, 6.07) is 13.7. The molecule has 0 saturated carbocycles. The maximum atomic E-state index is 6.04. The van der Waals surface area contributed by atoms with Crippen molar-refractivity contribution in [2.24, 2.45) is 0 Å². The van der Waals surface area contributed by atoms with E-state index in [1.54, 1.807) is 14.2 Å². The quantitative estimate of drug-likeness (QED) is 0.883. The fourth-order valence-corrected chi connectivity index (χ4v) is 2.68. The molecule has 0 bridgehead atoms. The van der Waals surface area contributed by atoms with E-state index in [1.165, 1.54) is 0 Å². The van der Waals surface area contributed by atoms with Gasteiger partial charge in [-0.1, -0.05) is 18.2 Å². The predicted octanol–water partition coefficient (Wildman–Crippen LogP) is 3.02. The lowest BCUT2D eigenvalue weighted by atomic mass is 10.1. The van der Waals surface area contributed by atoms with Gasteiger partial charge >= 0.3 is 0 Å². The van der Waals surface area contributed by atoms with Crippen molar-refractivity contribution in [3.63, 3.8) is 0 Å². The molecule has 2 aromatic carbocycles. The zero-order chi connectivity index (χ0) is 16.9. The highest BCUT2D eigenvalue weighted by molar-refractivity contribution is 5.41. The normalized spacial score (nSPS) is 17.2. The van der Waals surface area contributed by atoms with Crippen LogP contribution in [0.3, 0.4) is 0 Å². The van der Waals surface area contributed by atoms with Crippen molar-refractivity contribution in [1.29, 1.82) is 0 Å².